The Morgan fingerprint density at radius 1 is 1.28 bits per heavy atom. The lowest BCUT2D eigenvalue weighted by molar-refractivity contribution is -0.0501. The van der Waals surface area contributed by atoms with Crippen molar-refractivity contribution >= 4 is 40.4 Å². The first kappa shape index (κ1) is 23.6. The molecule has 0 amide bonds. The van der Waals surface area contributed by atoms with E-state index in [4.69, 9.17) is 21.6 Å². The van der Waals surface area contributed by atoms with Crippen LogP contribution in [0.3, 0.4) is 0 Å². The quantitative estimate of drug-likeness (QED) is 0.158. The zero-order chi connectivity index (χ0) is 24.9. The van der Waals surface area contributed by atoms with E-state index in [1.807, 2.05) is 0 Å². The number of rotatable bonds is 8. The van der Waals surface area contributed by atoms with E-state index in [2.05, 4.69) is 23.8 Å². The molecule has 0 aliphatic carbocycles. The van der Waals surface area contributed by atoms with Crippen LogP contribution in [0.5, 0.6) is 0 Å². The first-order chi connectivity index (χ1) is 15.0. The number of phosphoric acid groups is 1. The largest absolute Gasteiger partial charge is 0.480 e. The third-order valence-corrected chi connectivity index (χ3v) is 8.10. The maximum atomic E-state index is 11.9. The van der Waals surface area contributed by atoms with Gasteiger partial charge in [0, 0.05) is 0 Å². The predicted octanol–water partition coefficient (Wildman–Crippen LogP) is -2.76. The average Bonchev–Trinajstić information content (AvgIpc) is 3.07. The van der Waals surface area contributed by atoms with Crippen LogP contribution < -0.4 is 16.2 Å². The number of aromatic amines is 1. The molecule has 1 fully saturated rings. The average molecular weight is 524 g/mol. The normalized spacial score (nSPS) is 28.4. The highest BCUT2D eigenvalue weighted by atomic mass is 31.3. The van der Waals surface area contributed by atoms with Gasteiger partial charge in [-0.3, -0.25) is 18.9 Å². The highest BCUT2D eigenvalue weighted by Crippen LogP contribution is 2.61. The van der Waals surface area contributed by atoms with Crippen molar-refractivity contribution in [2.75, 3.05) is 12.3 Å². The van der Waals surface area contributed by atoms with E-state index in [1.54, 1.807) is 0 Å². The number of ether oxygens (including phenoxy) is 1. The Morgan fingerprint density at radius 3 is 2.56 bits per heavy atom. The number of nitrogens with zero attached hydrogens (tertiary/aromatic N) is 3. The van der Waals surface area contributed by atoms with Crippen LogP contribution in [0.4, 0.5) is 5.95 Å². The van der Waals surface area contributed by atoms with E-state index < -0.39 is 66.3 Å². The monoisotopic (exact) mass is 524 g/mol. The van der Waals surface area contributed by atoms with Gasteiger partial charge in [-0.15, -0.1) is 4.86 Å². The third kappa shape index (κ3) is 5.67. The molecule has 22 heteroatoms. The summed E-state index contributed by atoms with van der Waals surface area (Å²) in [6.45, 7) is -1.05. The molecule has 0 radical (unpaired) electrons. The number of aliphatic hydroxyl groups is 2. The first-order valence-electron chi connectivity index (χ1n) is 8.62. The van der Waals surface area contributed by atoms with Gasteiger partial charge in [-0.25, -0.2) is 18.7 Å². The summed E-state index contributed by atoms with van der Waals surface area (Å²) in [4.78, 5) is 58.3. The molecule has 0 bridgehead atoms. The van der Waals surface area contributed by atoms with Crippen molar-refractivity contribution < 1.29 is 58.4 Å². The van der Waals surface area contributed by atoms with Gasteiger partial charge in [0.1, 0.15) is 19.7 Å². The predicted molar refractivity (Wildman–Crippen MR) is 100 cm³/mol. The molecule has 2 aromatic rings. The van der Waals surface area contributed by atoms with E-state index in [0.29, 0.717) is 0 Å². The fourth-order valence-electron chi connectivity index (χ4n) is 2.66. The Hall–Kier alpha value is -1.56. The van der Waals surface area contributed by atoms with Gasteiger partial charge in [0.2, 0.25) is 5.95 Å². The molecule has 1 aliphatic heterocycles. The van der Waals surface area contributed by atoms with E-state index in [9.17, 15) is 38.5 Å². The second kappa shape index (κ2) is 8.66. The molecule has 180 valence electrons. The van der Waals surface area contributed by atoms with Gasteiger partial charge < -0.3 is 40.3 Å². The Labute approximate surface area is 177 Å². The van der Waals surface area contributed by atoms with Crippen LogP contribution in [0.15, 0.2) is 11.1 Å². The minimum atomic E-state index is -5.51. The molecule has 1 saturated heterocycles. The minimum Gasteiger partial charge on any atom is -0.387 e. The lowest BCUT2D eigenvalue weighted by Gasteiger charge is -2.19. The number of anilines is 1. The van der Waals surface area contributed by atoms with E-state index in [-0.39, 0.29) is 17.1 Å². The molecule has 32 heavy (non-hydrogen) atoms. The van der Waals surface area contributed by atoms with Crippen LogP contribution in [0.25, 0.3) is 11.2 Å². The van der Waals surface area contributed by atoms with Gasteiger partial charge >= 0.3 is 23.3 Å². The van der Waals surface area contributed by atoms with Crippen molar-refractivity contribution in [2.45, 2.75) is 24.5 Å². The highest BCUT2D eigenvalue weighted by molar-refractivity contribution is 7.70. The Bertz CT molecular complexity index is 1260. The standard InChI is InChI=1S/C10H17N6O13P3/c11-10-13-7-4(8(19)14-10)12-2-16(7)9-6(18)5(17)3(28-9)1-27-32(25,26)29-31(23,24)15-30(20,21)22/h2-3,5-6,9,17-18H,1H2,(H,25,26)(H3,11,13,14,19)(H4,15,20,21,22,23,24)/t3-,5-,6-,9-/m1/s1/i2T. The molecule has 2 unspecified atom stereocenters. The molecular weight excluding hydrogens is 505 g/mol. The van der Waals surface area contributed by atoms with Crippen molar-refractivity contribution in [3.8, 4) is 0 Å². The first-order valence-corrected chi connectivity index (χ1v) is 12.8. The highest BCUT2D eigenvalue weighted by Gasteiger charge is 2.46. The number of imidazole rings is 1. The molecule has 0 aromatic carbocycles. The van der Waals surface area contributed by atoms with E-state index in [0.717, 1.165) is 9.42 Å². The zero-order valence-electron chi connectivity index (χ0n) is 16.3. The fraction of sp³-hybridized carbons (Fsp3) is 0.500. The van der Waals surface area contributed by atoms with E-state index >= 15 is 0 Å². The number of aliphatic hydroxyl groups excluding tert-OH is 2. The summed E-state index contributed by atoms with van der Waals surface area (Å²) in [7, 11) is -16.3. The number of fused-ring (bicyclic) bond motifs is 1. The molecule has 1 aliphatic rings. The number of nitrogens with one attached hydrogen (secondary N) is 2. The maximum absolute atomic E-state index is 11.9. The summed E-state index contributed by atoms with van der Waals surface area (Å²) in [5.41, 5.74) is 4.06. The topological polar surface area (TPSA) is 302 Å². The van der Waals surface area contributed by atoms with Crippen molar-refractivity contribution in [2.24, 2.45) is 0 Å². The summed E-state index contributed by atoms with van der Waals surface area (Å²) < 4.78 is 56.3. The van der Waals surface area contributed by atoms with Crippen LogP contribution in [-0.2, 0) is 27.3 Å². The van der Waals surface area contributed by atoms with Gasteiger partial charge in [0.15, 0.2) is 17.4 Å². The van der Waals surface area contributed by atoms with Gasteiger partial charge in [-0.2, -0.15) is 9.29 Å². The van der Waals surface area contributed by atoms with Gasteiger partial charge in [0.25, 0.3) is 5.56 Å². The van der Waals surface area contributed by atoms with Gasteiger partial charge in [0.05, 0.1) is 12.9 Å². The Morgan fingerprint density at radius 2 is 1.94 bits per heavy atom. The SMILES string of the molecule is [3H]c1nc2c(=O)[nH]c(N)nc2n1[C@@H]1O[C@H](COP(=O)(O)OP(=O)(O)NP(=O)(O)O)[C@@H](O)[C@H]1O. The van der Waals surface area contributed by atoms with Crippen molar-refractivity contribution in [1.82, 2.24) is 24.4 Å². The summed E-state index contributed by atoms with van der Waals surface area (Å²) in [5, 5.41) is 20.5. The van der Waals surface area contributed by atoms with Gasteiger partial charge in [-0.1, -0.05) is 0 Å². The number of nitrogen functional groups attached to an aromatic ring is 1. The Balaban J connectivity index is 1.77. The molecule has 3 rings (SSSR count). The van der Waals surface area contributed by atoms with Crippen LogP contribution in [0.2, 0.25) is 0 Å². The zero-order valence-corrected chi connectivity index (χ0v) is 18.0. The lowest BCUT2D eigenvalue weighted by atomic mass is 10.1. The van der Waals surface area contributed by atoms with E-state index in [1.165, 1.54) is 0 Å². The molecule has 0 saturated carbocycles. The smallest absolute Gasteiger partial charge is 0.387 e. The number of H-pyrrole nitrogens is 1. The number of phosphoric ester groups is 1. The van der Waals surface area contributed by atoms with Crippen molar-refractivity contribution in [1.29, 1.82) is 0 Å². The molecule has 0 spiro atoms. The summed E-state index contributed by atoms with van der Waals surface area (Å²) in [6.07, 6.45) is -7.44. The Kier molecular flexibility index (Phi) is 6.38. The molecule has 6 atom stereocenters. The van der Waals surface area contributed by atoms with Crippen molar-refractivity contribution in [3.05, 3.63) is 16.7 Å². The molecule has 10 N–H and O–H groups in total. The fourth-order valence-corrected chi connectivity index (χ4v) is 6.10. The number of hydrogen-bond acceptors (Lipinski definition) is 12. The third-order valence-electron chi connectivity index (χ3n) is 3.86. The number of aromatic nitrogens is 4. The van der Waals surface area contributed by atoms with Crippen LogP contribution in [-0.4, -0.2) is 74.2 Å². The molecule has 2 aromatic heterocycles. The molecular formula is C10H17N6O13P3. The van der Waals surface area contributed by atoms with Crippen molar-refractivity contribution in [3.63, 3.8) is 0 Å². The second-order valence-corrected chi connectivity index (χ2v) is 11.0. The number of nitrogens with two attached hydrogens (primary N) is 1. The molecule has 19 nitrogen and oxygen atoms in total. The summed E-state index contributed by atoms with van der Waals surface area (Å²) >= 11 is 0. The van der Waals surface area contributed by atoms with Gasteiger partial charge in [-0.05, 0) is 0 Å². The van der Waals surface area contributed by atoms with Crippen LogP contribution in [0.1, 0.15) is 7.60 Å². The second-order valence-electron chi connectivity index (χ2n) is 6.26. The summed E-state index contributed by atoms with van der Waals surface area (Å²) in [5.74, 6) is -0.350. The molecule has 3 heterocycles. The minimum absolute atomic E-state index is 0.278. The summed E-state index contributed by atoms with van der Waals surface area (Å²) in [6, 6.07) is 0. The lowest BCUT2D eigenvalue weighted by Crippen LogP contribution is -2.33. The van der Waals surface area contributed by atoms with Crippen LogP contribution >= 0.6 is 23.3 Å². The maximum Gasteiger partial charge on any atom is 0.480 e. The number of hydrogen-bond donors (Lipinski definition) is 9. The van der Waals surface area contributed by atoms with Crippen LogP contribution in [0, 0.1) is 0 Å².